The molecule has 0 unspecified atom stereocenters. The Morgan fingerprint density at radius 3 is 2.71 bits per heavy atom. The number of likely N-dealkylation sites (tertiary alicyclic amines) is 1. The van der Waals surface area contributed by atoms with Gasteiger partial charge in [-0.25, -0.2) is 23.5 Å². The molecule has 1 aromatic heterocycles. The smallest absolute Gasteiger partial charge is 0.409 e. The predicted octanol–water partition coefficient (Wildman–Crippen LogP) is 4.44. The van der Waals surface area contributed by atoms with E-state index < -0.39 is 11.6 Å². The summed E-state index contributed by atoms with van der Waals surface area (Å²) < 4.78 is 32.6. The number of ether oxygens (including phenoxy) is 1. The maximum absolute atomic E-state index is 13.9. The summed E-state index contributed by atoms with van der Waals surface area (Å²) in [6.07, 6.45) is 2.91. The van der Waals surface area contributed by atoms with Crippen LogP contribution < -0.4 is 10.2 Å². The molecule has 1 aliphatic heterocycles. The third-order valence-corrected chi connectivity index (χ3v) is 5.18. The second kappa shape index (κ2) is 10.4. The summed E-state index contributed by atoms with van der Waals surface area (Å²) in [7, 11) is 1.93. The van der Waals surface area contributed by atoms with Crippen molar-refractivity contribution in [1.29, 1.82) is 0 Å². The van der Waals surface area contributed by atoms with Crippen LogP contribution in [0.2, 0.25) is 0 Å². The fourth-order valence-corrected chi connectivity index (χ4v) is 3.46. The van der Waals surface area contributed by atoms with E-state index in [1.54, 1.807) is 11.0 Å². The van der Waals surface area contributed by atoms with Gasteiger partial charge in [0.05, 0.1) is 12.3 Å². The van der Waals surface area contributed by atoms with Crippen molar-refractivity contribution in [3.63, 3.8) is 0 Å². The number of aromatic nitrogens is 2. The maximum Gasteiger partial charge on any atom is 0.409 e. The number of nitrogens with one attached hydrogen (secondary N) is 1. The first kappa shape index (κ1) is 22.7. The zero-order valence-electron chi connectivity index (χ0n) is 18.1. The number of piperidine rings is 1. The van der Waals surface area contributed by atoms with Crippen molar-refractivity contribution < 1.29 is 18.3 Å². The monoisotopic (exact) mass is 433 g/mol. The van der Waals surface area contributed by atoms with Crippen LogP contribution in [0.4, 0.5) is 30.9 Å². The summed E-state index contributed by atoms with van der Waals surface area (Å²) in [6, 6.07) is 4.91. The molecule has 2 aromatic rings. The van der Waals surface area contributed by atoms with E-state index in [0.717, 1.165) is 37.6 Å². The number of anilines is 3. The Morgan fingerprint density at radius 1 is 1.26 bits per heavy atom. The van der Waals surface area contributed by atoms with Crippen molar-refractivity contribution in [3.8, 4) is 0 Å². The minimum atomic E-state index is -0.561. The Bertz CT molecular complexity index is 888. The van der Waals surface area contributed by atoms with E-state index >= 15 is 0 Å². The van der Waals surface area contributed by atoms with E-state index in [1.165, 1.54) is 6.33 Å². The molecule has 7 nitrogen and oxygen atoms in total. The molecule has 9 heteroatoms. The van der Waals surface area contributed by atoms with E-state index in [9.17, 15) is 13.6 Å². The molecule has 0 atom stereocenters. The summed E-state index contributed by atoms with van der Waals surface area (Å²) >= 11 is 0. The third kappa shape index (κ3) is 6.50. The topological polar surface area (TPSA) is 70.6 Å². The molecule has 0 radical (unpaired) electrons. The van der Waals surface area contributed by atoms with Crippen LogP contribution in [0.15, 0.2) is 30.6 Å². The molecule has 1 aromatic carbocycles. The van der Waals surface area contributed by atoms with Crippen LogP contribution >= 0.6 is 0 Å². The van der Waals surface area contributed by atoms with Crippen LogP contribution in [0.25, 0.3) is 0 Å². The first-order chi connectivity index (χ1) is 14.8. The fraction of sp³-hybridized carbons (Fsp3) is 0.500. The molecule has 0 bridgehead atoms. The quantitative estimate of drug-likeness (QED) is 0.696. The first-order valence-electron chi connectivity index (χ1n) is 10.5. The van der Waals surface area contributed by atoms with E-state index in [1.807, 2.05) is 25.8 Å². The van der Waals surface area contributed by atoms with Gasteiger partial charge in [-0.1, -0.05) is 13.8 Å². The fourth-order valence-electron chi connectivity index (χ4n) is 3.46. The van der Waals surface area contributed by atoms with Gasteiger partial charge in [-0.3, -0.25) is 0 Å². The normalized spacial score (nSPS) is 14.6. The van der Waals surface area contributed by atoms with Gasteiger partial charge in [0.1, 0.15) is 29.6 Å². The summed E-state index contributed by atoms with van der Waals surface area (Å²) in [6.45, 7) is 6.57. The Hall–Kier alpha value is -2.97. The van der Waals surface area contributed by atoms with Crippen LogP contribution in [0.1, 0.15) is 26.7 Å². The van der Waals surface area contributed by atoms with E-state index in [2.05, 4.69) is 15.3 Å². The van der Waals surface area contributed by atoms with Gasteiger partial charge in [-0.15, -0.1) is 0 Å². The van der Waals surface area contributed by atoms with Gasteiger partial charge in [0.25, 0.3) is 0 Å². The molecule has 0 saturated carbocycles. The Balaban J connectivity index is 1.53. The molecule has 2 heterocycles. The zero-order chi connectivity index (χ0) is 22.4. The van der Waals surface area contributed by atoms with Crippen LogP contribution in [-0.2, 0) is 4.74 Å². The highest BCUT2D eigenvalue weighted by atomic mass is 19.1. The second-order valence-electron chi connectivity index (χ2n) is 8.29. The van der Waals surface area contributed by atoms with Gasteiger partial charge in [0.15, 0.2) is 0 Å². The van der Waals surface area contributed by atoms with E-state index in [4.69, 9.17) is 4.74 Å². The Kier molecular flexibility index (Phi) is 7.59. The molecule has 0 aliphatic carbocycles. The van der Waals surface area contributed by atoms with Crippen molar-refractivity contribution in [3.05, 3.63) is 42.2 Å². The molecule has 168 valence electrons. The van der Waals surface area contributed by atoms with Crippen molar-refractivity contribution in [2.24, 2.45) is 11.8 Å². The number of hydrogen-bond donors (Lipinski definition) is 1. The third-order valence-electron chi connectivity index (χ3n) is 5.18. The van der Waals surface area contributed by atoms with Crippen molar-refractivity contribution >= 4 is 23.4 Å². The van der Waals surface area contributed by atoms with Gasteiger partial charge in [0.2, 0.25) is 0 Å². The lowest BCUT2D eigenvalue weighted by molar-refractivity contribution is 0.0795. The number of halogens is 2. The van der Waals surface area contributed by atoms with Gasteiger partial charge in [-0.2, -0.15) is 0 Å². The highest BCUT2D eigenvalue weighted by Gasteiger charge is 2.25. The minimum absolute atomic E-state index is 0.0176. The standard InChI is InChI=1S/C22H29F2N5O2/c1-15(2)13-31-22(30)29-8-6-16(7-9-29)12-28(3)21-11-20(25-14-26-21)27-19-10-17(23)4-5-18(19)24/h4-5,10-11,14-16H,6-9,12-13H2,1-3H3,(H,25,26,27). The van der Waals surface area contributed by atoms with Crippen LogP contribution in [0.5, 0.6) is 0 Å². The number of benzene rings is 1. The molecule has 0 spiro atoms. The largest absolute Gasteiger partial charge is 0.449 e. The number of carbonyl (C=O) groups is 1. The van der Waals surface area contributed by atoms with Crippen molar-refractivity contribution in [2.45, 2.75) is 26.7 Å². The summed E-state index contributed by atoms with van der Waals surface area (Å²) in [4.78, 5) is 24.3. The highest BCUT2D eigenvalue weighted by Crippen LogP contribution is 2.24. The molecule has 1 aliphatic rings. The molecule has 31 heavy (non-hydrogen) atoms. The van der Waals surface area contributed by atoms with Crippen LogP contribution in [0.3, 0.4) is 0 Å². The number of rotatable bonds is 7. The predicted molar refractivity (Wildman–Crippen MR) is 115 cm³/mol. The van der Waals surface area contributed by atoms with E-state index in [-0.39, 0.29) is 11.8 Å². The van der Waals surface area contributed by atoms with E-state index in [0.29, 0.717) is 43.2 Å². The summed E-state index contributed by atoms with van der Waals surface area (Å²) in [5.41, 5.74) is 0.0176. The molecule has 1 fully saturated rings. The lowest BCUT2D eigenvalue weighted by Gasteiger charge is -2.33. The molecule has 1 N–H and O–H groups in total. The molecule has 1 amide bonds. The number of amides is 1. The average molecular weight is 434 g/mol. The SMILES string of the molecule is CC(C)COC(=O)N1CCC(CN(C)c2cc(Nc3cc(F)ccc3F)ncn2)CC1. The minimum Gasteiger partial charge on any atom is -0.449 e. The number of nitrogens with zero attached hydrogens (tertiary/aromatic N) is 4. The lowest BCUT2D eigenvalue weighted by Crippen LogP contribution is -2.41. The van der Waals surface area contributed by atoms with Crippen LogP contribution in [-0.4, -0.2) is 54.2 Å². The van der Waals surface area contributed by atoms with Crippen LogP contribution in [0, 0.1) is 23.5 Å². The van der Waals surface area contributed by atoms with Gasteiger partial charge < -0.3 is 19.9 Å². The second-order valence-corrected chi connectivity index (χ2v) is 8.29. The molecule has 1 saturated heterocycles. The molecular formula is C22H29F2N5O2. The summed E-state index contributed by atoms with van der Waals surface area (Å²) in [5, 5.41) is 2.80. The van der Waals surface area contributed by atoms with Gasteiger partial charge in [-0.05, 0) is 36.8 Å². The summed E-state index contributed by atoms with van der Waals surface area (Å²) in [5.74, 6) is 0.687. The highest BCUT2D eigenvalue weighted by molar-refractivity contribution is 5.67. The lowest BCUT2D eigenvalue weighted by atomic mass is 9.96. The van der Waals surface area contributed by atoms with Gasteiger partial charge >= 0.3 is 6.09 Å². The van der Waals surface area contributed by atoms with Crippen molar-refractivity contribution in [1.82, 2.24) is 14.9 Å². The van der Waals surface area contributed by atoms with Crippen molar-refractivity contribution in [2.75, 3.05) is 43.5 Å². The Labute approximate surface area is 181 Å². The van der Waals surface area contributed by atoms with Gasteiger partial charge in [0, 0.05) is 38.8 Å². The zero-order valence-corrected chi connectivity index (χ0v) is 18.1. The Morgan fingerprint density at radius 2 is 2.00 bits per heavy atom. The maximum atomic E-state index is 13.9. The number of hydrogen-bond acceptors (Lipinski definition) is 6. The number of carbonyl (C=O) groups excluding carboxylic acids is 1. The average Bonchev–Trinajstić information content (AvgIpc) is 2.75. The molecular weight excluding hydrogens is 404 g/mol. The first-order valence-corrected chi connectivity index (χ1v) is 10.5. The molecule has 3 rings (SSSR count).